The number of rotatable bonds is 6. The Bertz CT molecular complexity index is 1150. The highest BCUT2D eigenvalue weighted by Crippen LogP contribution is 2.29. The zero-order chi connectivity index (χ0) is 22.7. The van der Waals surface area contributed by atoms with Gasteiger partial charge in [-0.2, -0.15) is 0 Å². The monoisotopic (exact) mass is 453 g/mol. The average molecular weight is 454 g/mol. The zero-order valence-corrected chi connectivity index (χ0v) is 18.4. The van der Waals surface area contributed by atoms with Gasteiger partial charge in [-0.1, -0.05) is 0 Å². The molecule has 1 aromatic heterocycles. The average Bonchev–Trinajstić information content (AvgIpc) is 3.23. The van der Waals surface area contributed by atoms with E-state index in [0.29, 0.717) is 48.4 Å². The largest absolute Gasteiger partial charge is 0.494 e. The molecule has 1 fully saturated rings. The third kappa shape index (κ3) is 4.72. The van der Waals surface area contributed by atoms with Gasteiger partial charge in [-0.05, 0) is 56.2 Å². The fourth-order valence-corrected chi connectivity index (χ4v) is 4.73. The fraction of sp³-hybridized carbons (Fsp3) is 0.304. The Balaban J connectivity index is 1.33. The Morgan fingerprint density at radius 1 is 1.16 bits per heavy atom. The summed E-state index contributed by atoms with van der Waals surface area (Å²) in [5, 5.41) is 14.7. The van der Waals surface area contributed by atoms with Gasteiger partial charge in [-0.3, -0.25) is 19.7 Å². The van der Waals surface area contributed by atoms with Gasteiger partial charge in [0, 0.05) is 46.9 Å². The van der Waals surface area contributed by atoms with E-state index in [1.54, 1.807) is 41.3 Å². The first-order valence-electron chi connectivity index (χ1n) is 10.5. The molecule has 9 heteroatoms. The molecule has 4 rings (SSSR count). The number of nitro groups is 1. The first-order chi connectivity index (χ1) is 15.4. The topological polar surface area (TPSA) is 102 Å². The maximum atomic E-state index is 12.7. The Morgan fingerprint density at radius 3 is 2.53 bits per heavy atom. The molecule has 1 aliphatic rings. The summed E-state index contributed by atoms with van der Waals surface area (Å²) in [4.78, 5) is 38.3. The van der Waals surface area contributed by atoms with Crippen LogP contribution in [0, 0.1) is 10.1 Å². The number of non-ortho nitro benzene ring substituents is 1. The zero-order valence-electron chi connectivity index (χ0n) is 17.6. The number of ether oxygens (including phenoxy) is 1. The third-order valence-electron chi connectivity index (χ3n) is 5.46. The molecule has 2 heterocycles. The van der Waals surface area contributed by atoms with E-state index in [4.69, 9.17) is 4.74 Å². The van der Waals surface area contributed by atoms with Crippen LogP contribution in [0.15, 0.2) is 48.5 Å². The minimum absolute atomic E-state index is 0.00632. The highest BCUT2D eigenvalue weighted by atomic mass is 32.1. The van der Waals surface area contributed by atoms with E-state index in [0.717, 1.165) is 10.4 Å². The maximum Gasteiger partial charge on any atom is 0.270 e. The van der Waals surface area contributed by atoms with Crippen LogP contribution < -0.4 is 10.1 Å². The smallest absolute Gasteiger partial charge is 0.270 e. The van der Waals surface area contributed by atoms with Crippen molar-refractivity contribution in [3.63, 3.8) is 0 Å². The number of benzene rings is 2. The number of fused-ring (bicyclic) bond motifs is 1. The van der Waals surface area contributed by atoms with Gasteiger partial charge in [0.25, 0.3) is 17.5 Å². The lowest BCUT2D eigenvalue weighted by Crippen LogP contribution is -2.46. The molecule has 0 radical (unpaired) electrons. The number of likely N-dealkylation sites (tertiary alicyclic amines) is 1. The van der Waals surface area contributed by atoms with Crippen molar-refractivity contribution in [3.8, 4) is 5.75 Å². The van der Waals surface area contributed by atoms with Crippen molar-refractivity contribution in [3.05, 3.63) is 69.1 Å². The van der Waals surface area contributed by atoms with Crippen LogP contribution in [-0.2, 0) is 0 Å². The number of thiophene rings is 1. The first kappa shape index (κ1) is 21.8. The van der Waals surface area contributed by atoms with Gasteiger partial charge < -0.3 is 15.0 Å². The van der Waals surface area contributed by atoms with Crippen molar-refractivity contribution in [1.82, 2.24) is 10.2 Å². The van der Waals surface area contributed by atoms with Gasteiger partial charge in [-0.15, -0.1) is 11.3 Å². The van der Waals surface area contributed by atoms with Crippen LogP contribution in [0.4, 0.5) is 5.69 Å². The predicted molar refractivity (Wildman–Crippen MR) is 122 cm³/mol. The van der Waals surface area contributed by atoms with E-state index in [1.165, 1.54) is 23.5 Å². The molecule has 0 aliphatic carbocycles. The summed E-state index contributed by atoms with van der Waals surface area (Å²) in [6, 6.07) is 13.4. The Morgan fingerprint density at radius 2 is 1.88 bits per heavy atom. The summed E-state index contributed by atoms with van der Waals surface area (Å²) in [5.41, 5.74) is 0.627. The van der Waals surface area contributed by atoms with Crippen molar-refractivity contribution < 1.29 is 19.2 Å². The lowest BCUT2D eigenvalue weighted by Gasteiger charge is -2.32. The minimum Gasteiger partial charge on any atom is -0.494 e. The molecule has 3 aromatic rings. The minimum atomic E-state index is -0.445. The highest BCUT2D eigenvalue weighted by molar-refractivity contribution is 7.20. The van der Waals surface area contributed by atoms with Gasteiger partial charge in [0.2, 0.25) is 0 Å². The molecule has 8 nitrogen and oxygen atoms in total. The third-order valence-corrected chi connectivity index (χ3v) is 6.58. The predicted octanol–water partition coefficient (Wildman–Crippen LogP) is 4.24. The number of hydrogen-bond acceptors (Lipinski definition) is 6. The molecule has 1 aliphatic heterocycles. The van der Waals surface area contributed by atoms with Crippen LogP contribution in [0.3, 0.4) is 0 Å². The van der Waals surface area contributed by atoms with Gasteiger partial charge in [0.1, 0.15) is 5.75 Å². The lowest BCUT2D eigenvalue weighted by molar-refractivity contribution is -0.384. The number of carbonyl (C=O) groups excluding carboxylic acids is 2. The van der Waals surface area contributed by atoms with E-state index in [9.17, 15) is 19.7 Å². The summed E-state index contributed by atoms with van der Waals surface area (Å²) in [6.07, 6.45) is 1.34. The fourth-order valence-electron chi connectivity index (χ4n) is 3.78. The quantitative estimate of drug-likeness (QED) is 0.444. The molecule has 166 valence electrons. The number of nitrogens with zero attached hydrogens (tertiary/aromatic N) is 2. The van der Waals surface area contributed by atoms with Crippen molar-refractivity contribution in [2.45, 2.75) is 25.8 Å². The van der Waals surface area contributed by atoms with Gasteiger partial charge in [-0.25, -0.2) is 0 Å². The van der Waals surface area contributed by atoms with E-state index < -0.39 is 4.92 Å². The second-order valence-corrected chi connectivity index (χ2v) is 8.67. The molecular formula is C23H23N3O5S. The second-order valence-electron chi connectivity index (χ2n) is 7.59. The number of carbonyl (C=O) groups is 2. The van der Waals surface area contributed by atoms with Gasteiger partial charge in [0.05, 0.1) is 16.4 Å². The second kappa shape index (κ2) is 9.35. The number of piperidine rings is 1. The summed E-state index contributed by atoms with van der Waals surface area (Å²) >= 11 is 1.31. The van der Waals surface area contributed by atoms with Crippen LogP contribution in [0.25, 0.3) is 10.1 Å². The molecule has 2 aromatic carbocycles. The molecule has 0 saturated carbocycles. The Hall–Kier alpha value is -3.46. The highest BCUT2D eigenvalue weighted by Gasteiger charge is 2.25. The molecule has 0 atom stereocenters. The van der Waals surface area contributed by atoms with E-state index >= 15 is 0 Å². The number of amides is 2. The molecule has 0 unspecified atom stereocenters. The summed E-state index contributed by atoms with van der Waals surface area (Å²) in [6.45, 7) is 3.62. The molecule has 0 bridgehead atoms. The maximum absolute atomic E-state index is 12.7. The number of hydrogen-bond donors (Lipinski definition) is 1. The van der Waals surface area contributed by atoms with Crippen LogP contribution in [0.1, 0.15) is 39.8 Å². The van der Waals surface area contributed by atoms with E-state index in [1.807, 2.05) is 6.92 Å². The van der Waals surface area contributed by atoms with E-state index in [2.05, 4.69) is 5.32 Å². The van der Waals surface area contributed by atoms with Crippen LogP contribution in [-0.4, -0.2) is 47.4 Å². The van der Waals surface area contributed by atoms with Crippen molar-refractivity contribution in [2.24, 2.45) is 0 Å². The van der Waals surface area contributed by atoms with Crippen molar-refractivity contribution >= 4 is 38.9 Å². The SMILES string of the molecule is CCOc1ccc(C(=O)N2CCC(NC(=O)c3cc4cc([N+](=O)[O-])ccc4s3)CC2)cc1. The van der Waals surface area contributed by atoms with Crippen molar-refractivity contribution in [2.75, 3.05) is 19.7 Å². The first-order valence-corrected chi connectivity index (χ1v) is 11.3. The molecule has 2 amide bonds. The summed E-state index contributed by atoms with van der Waals surface area (Å²) < 4.78 is 6.25. The lowest BCUT2D eigenvalue weighted by atomic mass is 10.0. The van der Waals surface area contributed by atoms with Crippen LogP contribution in [0.2, 0.25) is 0 Å². The normalized spacial score (nSPS) is 14.3. The van der Waals surface area contributed by atoms with Gasteiger partial charge >= 0.3 is 0 Å². The number of nitro benzene ring substituents is 1. The molecule has 32 heavy (non-hydrogen) atoms. The molecule has 1 N–H and O–H groups in total. The Labute approximate surface area is 188 Å². The summed E-state index contributed by atoms with van der Waals surface area (Å²) in [7, 11) is 0. The summed E-state index contributed by atoms with van der Waals surface area (Å²) in [5.74, 6) is 0.524. The standard InChI is InChI=1S/C23H23N3O5S/c1-2-31-19-6-3-15(4-7-19)23(28)25-11-9-17(10-12-25)24-22(27)21-14-16-13-18(26(29)30)5-8-20(16)32-21/h3-8,13-14,17H,2,9-12H2,1H3,(H,24,27). The Kier molecular flexibility index (Phi) is 6.36. The van der Waals surface area contributed by atoms with Crippen LogP contribution >= 0.6 is 11.3 Å². The van der Waals surface area contributed by atoms with Crippen molar-refractivity contribution in [1.29, 1.82) is 0 Å². The van der Waals surface area contributed by atoms with E-state index in [-0.39, 0.29) is 23.5 Å². The van der Waals surface area contributed by atoms with Crippen LogP contribution in [0.5, 0.6) is 5.75 Å². The number of nitrogens with one attached hydrogen (secondary N) is 1. The molecule has 1 saturated heterocycles. The molecular weight excluding hydrogens is 430 g/mol. The van der Waals surface area contributed by atoms with Gasteiger partial charge in [0.15, 0.2) is 0 Å². The molecule has 0 spiro atoms.